The summed E-state index contributed by atoms with van der Waals surface area (Å²) < 4.78 is 0. The normalized spacial score (nSPS) is 16.9. The predicted molar refractivity (Wildman–Crippen MR) is 90.4 cm³/mol. The molecule has 0 aromatic heterocycles. The van der Waals surface area contributed by atoms with E-state index in [1.54, 1.807) is 0 Å². The molecular formula is C20H23NO. The first kappa shape index (κ1) is 14.8. The average molecular weight is 293 g/mol. The van der Waals surface area contributed by atoms with Gasteiger partial charge in [0.2, 0.25) is 0 Å². The van der Waals surface area contributed by atoms with E-state index in [1.165, 1.54) is 17.5 Å². The zero-order valence-electron chi connectivity index (χ0n) is 13.4. The van der Waals surface area contributed by atoms with Gasteiger partial charge >= 0.3 is 0 Å². The second-order valence-corrected chi connectivity index (χ2v) is 6.25. The van der Waals surface area contributed by atoms with Crippen LogP contribution in [0.5, 0.6) is 0 Å². The smallest absolute Gasteiger partial charge is 0.251 e. The molecule has 114 valence electrons. The third-order valence-electron chi connectivity index (χ3n) is 4.85. The summed E-state index contributed by atoms with van der Waals surface area (Å²) in [5.41, 5.74) is 5.89. The molecule has 1 atom stereocenters. The SMILES string of the molecule is Cc1cccc(C(=O)NCC2CCCc3ccccc32)c1C. The molecule has 22 heavy (non-hydrogen) atoms. The Bertz CT molecular complexity index is 690. The zero-order valence-corrected chi connectivity index (χ0v) is 13.4. The summed E-state index contributed by atoms with van der Waals surface area (Å²) >= 11 is 0. The van der Waals surface area contributed by atoms with Crippen LogP contribution in [0, 0.1) is 13.8 Å². The molecule has 0 fully saturated rings. The number of fused-ring (bicyclic) bond motifs is 1. The fourth-order valence-corrected chi connectivity index (χ4v) is 3.37. The molecule has 0 spiro atoms. The lowest BCUT2D eigenvalue weighted by Gasteiger charge is -2.25. The fourth-order valence-electron chi connectivity index (χ4n) is 3.37. The number of rotatable bonds is 3. The Morgan fingerprint density at radius 2 is 1.95 bits per heavy atom. The molecule has 3 rings (SSSR count). The Balaban J connectivity index is 1.71. The third kappa shape index (κ3) is 2.92. The third-order valence-corrected chi connectivity index (χ3v) is 4.85. The van der Waals surface area contributed by atoms with Crippen LogP contribution < -0.4 is 5.32 Å². The van der Waals surface area contributed by atoms with E-state index in [0.29, 0.717) is 5.92 Å². The van der Waals surface area contributed by atoms with Crippen molar-refractivity contribution < 1.29 is 4.79 Å². The molecule has 0 aliphatic heterocycles. The van der Waals surface area contributed by atoms with Crippen molar-refractivity contribution >= 4 is 5.91 Å². The first-order valence-corrected chi connectivity index (χ1v) is 8.09. The van der Waals surface area contributed by atoms with Crippen molar-refractivity contribution in [1.82, 2.24) is 5.32 Å². The van der Waals surface area contributed by atoms with Crippen LogP contribution in [0.15, 0.2) is 42.5 Å². The molecule has 0 saturated carbocycles. The van der Waals surface area contributed by atoms with Crippen LogP contribution in [0.1, 0.15) is 51.4 Å². The van der Waals surface area contributed by atoms with Gasteiger partial charge in [-0.25, -0.2) is 0 Å². The Labute approximate surface area is 132 Å². The van der Waals surface area contributed by atoms with Gasteiger partial charge in [-0.1, -0.05) is 36.4 Å². The van der Waals surface area contributed by atoms with Crippen molar-refractivity contribution in [3.05, 3.63) is 70.3 Å². The van der Waals surface area contributed by atoms with E-state index in [4.69, 9.17) is 0 Å². The molecule has 0 bridgehead atoms. The highest BCUT2D eigenvalue weighted by molar-refractivity contribution is 5.95. The number of carbonyl (C=O) groups is 1. The molecule has 1 aliphatic rings. The lowest BCUT2D eigenvalue weighted by molar-refractivity contribution is 0.0949. The topological polar surface area (TPSA) is 29.1 Å². The molecule has 1 amide bonds. The molecule has 2 heteroatoms. The van der Waals surface area contributed by atoms with Gasteiger partial charge in [0.25, 0.3) is 5.91 Å². The minimum atomic E-state index is 0.0456. The number of hydrogen-bond acceptors (Lipinski definition) is 1. The minimum absolute atomic E-state index is 0.0456. The zero-order chi connectivity index (χ0) is 15.5. The highest BCUT2D eigenvalue weighted by Gasteiger charge is 2.20. The largest absolute Gasteiger partial charge is 0.351 e. The summed E-state index contributed by atoms with van der Waals surface area (Å²) in [6.45, 7) is 4.78. The minimum Gasteiger partial charge on any atom is -0.351 e. The second kappa shape index (κ2) is 6.35. The van der Waals surface area contributed by atoms with Crippen molar-refractivity contribution in [3.8, 4) is 0 Å². The van der Waals surface area contributed by atoms with Crippen LogP contribution >= 0.6 is 0 Å². The Hall–Kier alpha value is -2.09. The van der Waals surface area contributed by atoms with Gasteiger partial charge in [0.15, 0.2) is 0 Å². The van der Waals surface area contributed by atoms with E-state index in [9.17, 15) is 4.79 Å². The molecule has 1 aliphatic carbocycles. The summed E-state index contributed by atoms with van der Waals surface area (Å²) in [6.07, 6.45) is 3.53. The van der Waals surface area contributed by atoms with E-state index in [2.05, 4.69) is 29.6 Å². The van der Waals surface area contributed by atoms with E-state index in [-0.39, 0.29) is 5.91 Å². The molecular weight excluding hydrogens is 270 g/mol. The van der Waals surface area contributed by atoms with Crippen molar-refractivity contribution in [2.24, 2.45) is 0 Å². The molecule has 0 radical (unpaired) electrons. The number of aryl methyl sites for hydroxylation is 2. The number of hydrogen-bond donors (Lipinski definition) is 1. The van der Waals surface area contributed by atoms with Crippen LogP contribution in [0.25, 0.3) is 0 Å². The van der Waals surface area contributed by atoms with E-state index >= 15 is 0 Å². The van der Waals surface area contributed by atoms with Gasteiger partial charge < -0.3 is 5.32 Å². The summed E-state index contributed by atoms with van der Waals surface area (Å²) in [4.78, 5) is 12.5. The van der Waals surface area contributed by atoms with Gasteiger partial charge in [-0.05, 0) is 61.4 Å². The van der Waals surface area contributed by atoms with Crippen molar-refractivity contribution in [2.45, 2.75) is 39.0 Å². The van der Waals surface area contributed by atoms with Gasteiger partial charge in [0.1, 0.15) is 0 Å². The van der Waals surface area contributed by atoms with Crippen LogP contribution in [-0.4, -0.2) is 12.5 Å². The highest BCUT2D eigenvalue weighted by Crippen LogP contribution is 2.30. The maximum atomic E-state index is 12.5. The standard InChI is InChI=1S/C20H23NO/c1-14-7-5-12-18(15(14)2)20(22)21-13-17-10-6-9-16-8-3-4-11-19(16)17/h3-5,7-8,11-12,17H,6,9-10,13H2,1-2H3,(H,21,22). The fraction of sp³-hybridized carbons (Fsp3) is 0.350. The van der Waals surface area contributed by atoms with E-state index in [0.717, 1.165) is 36.1 Å². The van der Waals surface area contributed by atoms with Gasteiger partial charge in [-0.15, -0.1) is 0 Å². The van der Waals surface area contributed by atoms with Crippen LogP contribution in [0.2, 0.25) is 0 Å². The summed E-state index contributed by atoms with van der Waals surface area (Å²) in [5.74, 6) is 0.489. The number of amides is 1. The molecule has 1 unspecified atom stereocenters. The van der Waals surface area contributed by atoms with Gasteiger partial charge in [-0.2, -0.15) is 0 Å². The van der Waals surface area contributed by atoms with Crippen molar-refractivity contribution in [3.63, 3.8) is 0 Å². The quantitative estimate of drug-likeness (QED) is 0.905. The first-order valence-electron chi connectivity index (χ1n) is 8.09. The number of benzene rings is 2. The van der Waals surface area contributed by atoms with Crippen molar-refractivity contribution in [2.75, 3.05) is 6.54 Å². The lowest BCUT2D eigenvalue weighted by atomic mass is 9.83. The van der Waals surface area contributed by atoms with Crippen LogP contribution in [-0.2, 0) is 6.42 Å². The maximum absolute atomic E-state index is 12.5. The van der Waals surface area contributed by atoms with E-state index < -0.39 is 0 Å². The summed E-state index contributed by atoms with van der Waals surface area (Å²) in [5, 5.41) is 3.14. The highest BCUT2D eigenvalue weighted by atomic mass is 16.1. The van der Waals surface area contributed by atoms with Crippen molar-refractivity contribution in [1.29, 1.82) is 0 Å². The molecule has 2 nitrogen and oxygen atoms in total. The van der Waals surface area contributed by atoms with Crippen LogP contribution in [0.3, 0.4) is 0 Å². The lowest BCUT2D eigenvalue weighted by Crippen LogP contribution is -2.30. The second-order valence-electron chi connectivity index (χ2n) is 6.25. The molecule has 2 aromatic carbocycles. The summed E-state index contributed by atoms with van der Waals surface area (Å²) in [7, 11) is 0. The van der Waals surface area contributed by atoms with Gasteiger partial charge in [0.05, 0.1) is 0 Å². The number of carbonyl (C=O) groups excluding carboxylic acids is 1. The van der Waals surface area contributed by atoms with E-state index in [1.807, 2.05) is 32.0 Å². The monoisotopic (exact) mass is 293 g/mol. The Morgan fingerprint density at radius 3 is 2.82 bits per heavy atom. The van der Waals surface area contributed by atoms with Gasteiger partial charge in [-0.3, -0.25) is 4.79 Å². The summed E-state index contributed by atoms with van der Waals surface area (Å²) in [6, 6.07) is 14.5. The average Bonchev–Trinajstić information content (AvgIpc) is 2.55. The maximum Gasteiger partial charge on any atom is 0.251 e. The Kier molecular flexibility index (Phi) is 4.28. The van der Waals surface area contributed by atoms with Gasteiger partial charge in [0, 0.05) is 18.0 Å². The Morgan fingerprint density at radius 1 is 1.14 bits per heavy atom. The van der Waals surface area contributed by atoms with Crippen LogP contribution in [0.4, 0.5) is 0 Å². The molecule has 0 saturated heterocycles. The number of nitrogens with one attached hydrogen (secondary N) is 1. The molecule has 1 N–H and O–H groups in total. The first-order chi connectivity index (χ1) is 10.7. The predicted octanol–water partition coefficient (Wildman–Crippen LogP) is 4.15. The molecule has 0 heterocycles. The molecule has 2 aromatic rings.